The first-order chi connectivity index (χ1) is 6.26. The maximum Gasteiger partial charge on any atom is 0.308 e. The Balaban J connectivity index is 4.01. The first-order valence-electron chi connectivity index (χ1n) is 4.32. The van der Waals surface area contributed by atoms with Crippen molar-refractivity contribution >= 4 is 11.8 Å². The van der Waals surface area contributed by atoms with Gasteiger partial charge in [-0.3, -0.25) is 9.59 Å². The number of ether oxygens (including phenoxy) is 1. The van der Waals surface area contributed by atoms with E-state index < -0.39 is 30.1 Å². The van der Waals surface area contributed by atoms with Gasteiger partial charge in [0.15, 0.2) is 5.78 Å². The lowest BCUT2D eigenvalue weighted by Crippen LogP contribution is -2.36. The molecule has 4 nitrogen and oxygen atoms in total. The highest BCUT2D eigenvalue weighted by molar-refractivity contribution is 5.88. The lowest BCUT2D eigenvalue weighted by molar-refractivity contribution is -0.156. The van der Waals surface area contributed by atoms with Crippen LogP contribution in [0, 0.1) is 0 Å². The van der Waals surface area contributed by atoms with Crippen molar-refractivity contribution in [1.82, 2.24) is 0 Å². The molecule has 0 saturated carbocycles. The van der Waals surface area contributed by atoms with Crippen molar-refractivity contribution in [3.8, 4) is 0 Å². The van der Waals surface area contributed by atoms with Crippen molar-refractivity contribution in [1.29, 1.82) is 0 Å². The molecule has 2 N–H and O–H groups in total. The molecule has 14 heavy (non-hydrogen) atoms. The summed E-state index contributed by atoms with van der Waals surface area (Å²) in [5.41, 5.74) is 4.64. The quantitative estimate of drug-likeness (QED) is 0.682. The lowest BCUT2D eigenvalue weighted by Gasteiger charge is -2.20. The van der Waals surface area contributed by atoms with Gasteiger partial charge in [0.2, 0.25) is 0 Å². The molecule has 0 amide bonds. The molecule has 0 rings (SSSR count). The first kappa shape index (κ1) is 13.0. The van der Waals surface area contributed by atoms with Crippen molar-refractivity contribution in [2.24, 2.45) is 5.73 Å². The Kier molecular flexibility index (Phi) is 4.70. The Morgan fingerprint density at radius 2 is 1.93 bits per heavy atom. The van der Waals surface area contributed by atoms with Crippen LogP contribution >= 0.6 is 0 Å². The number of hydrogen-bond acceptors (Lipinski definition) is 4. The Hall–Kier alpha value is -0.970. The summed E-state index contributed by atoms with van der Waals surface area (Å²) in [6.07, 6.45) is -0.278. The van der Waals surface area contributed by atoms with Crippen LogP contribution in [-0.2, 0) is 14.3 Å². The molecule has 5 heteroatoms. The van der Waals surface area contributed by atoms with E-state index in [-0.39, 0.29) is 6.42 Å². The molecule has 0 aromatic heterocycles. The summed E-state index contributed by atoms with van der Waals surface area (Å²) >= 11 is 0. The average Bonchev–Trinajstić information content (AvgIpc) is 1.99. The number of rotatable bonds is 4. The Morgan fingerprint density at radius 3 is 2.29 bits per heavy atom. The summed E-state index contributed by atoms with van der Waals surface area (Å²) in [6.45, 7) is 3.96. The molecule has 0 aromatic rings. The average molecular weight is 205 g/mol. The van der Waals surface area contributed by atoms with Crippen LogP contribution in [0.3, 0.4) is 0 Å². The third-order valence-electron chi connectivity index (χ3n) is 1.35. The van der Waals surface area contributed by atoms with Crippen LogP contribution in [0.25, 0.3) is 0 Å². The highest BCUT2D eigenvalue weighted by Gasteiger charge is 2.22. The van der Waals surface area contributed by atoms with Crippen LogP contribution in [-0.4, -0.2) is 30.1 Å². The van der Waals surface area contributed by atoms with Crippen LogP contribution in [0.5, 0.6) is 0 Å². The van der Waals surface area contributed by atoms with Crippen LogP contribution < -0.4 is 5.73 Å². The normalized spacial score (nSPS) is 13.5. The fraction of sp³-hybridized carbons (Fsp3) is 0.778. The van der Waals surface area contributed by atoms with Gasteiger partial charge in [-0.15, -0.1) is 0 Å². The van der Waals surface area contributed by atoms with Gasteiger partial charge in [-0.2, -0.15) is 0 Å². The molecule has 0 bridgehead atoms. The minimum absolute atomic E-state index is 0.278. The zero-order chi connectivity index (χ0) is 11.4. The molecular weight excluding hydrogens is 189 g/mol. The molecule has 1 atom stereocenters. The molecule has 0 fully saturated rings. The lowest BCUT2D eigenvalue weighted by atomic mass is 10.1. The molecule has 0 saturated heterocycles. The van der Waals surface area contributed by atoms with E-state index in [1.165, 1.54) is 0 Å². The zero-order valence-corrected chi connectivity index (χ0v) is 8.67. The number of hydrogen-bond donors (Lipinski definition) is 1. The summed E-state index contributed by atoms with van der Waals surface area (Å²) in [7, 11) is 0. The maximum absolute atomic E-state index is 11.8. The van der Waals surface area contributed by atoms with Crippen LogP contribution in [0.15, 0.2) is 0 Å². The van der Waals surface area contributed by atoms with E-state index in [4.69, 9.17) is 10.5 Å². The molecule has 0 radical (unpaired) electrons. The fourth-order valence-electron chi connectivity index (χ4n) is 0.776. The molecular formula is C9H16FNO3. The van der Waals surface area contributed by atoms with E-state index in [1.807, 2.05) is 0 Å². The third kappa shape index (κ3) is 5.64. The van der Waals surface area contributed by atoms with E-state index >= 15 is 0 Å². The van der Waals surface area contributed by atoms with Gasteiger partial charge >= 0.3 is 5.97 Å². The van der Waals surface area contributed by atoms with E-state index in [1.54, 1.807) is 20.8 Å². The van der Waals surface area contributed by atoms with Crippen LogP contribution in [0.4, 0.5) is 4.39 Å². The highest BCUT2D eigenvalue weighted by atomic mass is 19.1. The second kappa shape index (κ2) is 5.05. The van der Waals surface area contributed by atoms with E-state index in [9.17, 15) is 14.0 Å². The van der Waals surface area contributed by atoms with Gasteiger partial charge < -0.3 is 10.5 Å². The van der Waals surface area contributed by atoms with Crippen LogP contribution in [0.1, 0.15) is 27.2 Å². The second-order valence-corrected chi connectivity index (χ2v) is 4.00. The number of halogens is 1. The van der Waals surface area contributed by atoms with Crippen molar-refractivity contribution in [2.75, 3.05) is 6.67 Å². The molecule has 82 valence electrons. The van der Waals surface area contributed by atoms with Gasteiger partial charge in [-0.25, -0.2) is 4.39 Å². The van der Waals surface area contributed by atoms with E-state index in [0.717, 1.165) is 0 Å². The maximum atomic E-state index is 11.8. The number of alkyl halides is 1. The van der Waals surface area contributed by atoms with Gasteiger partial charge in [-0.1, -0.05) is 0 Å². The van der Waals surface area contributed by atoms with Crippen molar-refractivity contribution in [3.05, 3.63) is 0 Å². The smallest absolute Gasteiger partial charge is 0.308 e. The topological polar surface area (TPSA) is 69.4 Å². The van der Waals surface area contributed by atoms with Crippen molar-refractivity contribution in [2.45, 2.75) is 38.8 Å². The summed E-state index contributed by atoms with van der Waals surface area (Å²) in [4.78, 5) is 21.8. The fourth-order valence-corrected chi connectivity index (χ4v) is 0.776. The largest absolute Gasteiger partial charge is 0.460 e. The molecule has 0 aliphatic carbocycles. The number of Topliss-reactive ketones (excluding diaryl/α,β-unsaturated/α-hetero) is 1. The number of esters is 1. The Bertz CT molecular complexity index is 223. The zero-order valence-electron chi connectivity index (χ0n) is 8.67. The highest BCUT2D eigenvalue weighted by Crippen LogP contribution is 2.09. The molecule has 0 aromatic carbocycles. The summed E-state index contributed by atoms with van der Waals surface area (Å²) in [5.74, 6) is -1.37. The number of carbonyl (C=O) groups excluding carboxylic acids is 2. The SMILES string of the molecule is CC(C)(C)OC(=O)CC(N)C(=O)CF. The van der Waals surface area contributed by atoms with Gasteiger partial charge in [0.05, 0.1) is 12.5 Å². The van der Waals surface area contributed by atoms with Crippen LogP contribution in [0.2, 0.25) is 0 Å². The third-order valence-corrected chi connectivity index (χ3v) is 1.35. The minimum Gasteiger partial charge on any atom is -0.460 e. The molecule has 0 spiro atoms. The minimum atomic E-state index is -1.15. The summed E-state index contributed by atoms with van der Waals surface area (Å²) < 4.78 is 16.8. The van der Waals surface area contributed by atoms with E-state index in [0.29, 0.717) is 0 Å². The predicted octanol–water partition coefficient (Wildman–Crippen LogP) is 0.584. The standard InChI is InChI=1S/C9H16FNO3/c1-9(2,3)14-8(13)4-6(11)7(12)5-10/h6H,4-5,11H2,1-3H3. The first-order valence-corrected chi connectivity index (χ1v) is 4.32. The van der Waals surface area contributed by atoms with Crippen molar-refractivity contribution < 1.29 is 18.7 Å². The van der Waals surface area contributed by atoms with E-state index in [2.05, 4.69) is 0 Å². The van der Waals surface area contributed by atoms with Gasteiger partial charge in [0.25, 0.3) is 0 Å². The molecule has 0 heterocycles. The molecule has 1 unspecified atom stereocenters. The number of carbonyl (C=O) groups is 2. The summed E-state index contributed by atoms with van der Waals surface area (Å²) in [5, 5.41) is 0. The Morgan fingerprint density at radius 1 is 1.43 bits per heavy atom. The Labute approximate surface area is 82.6 Å². The second-order valence-electron chi connectivity index (χ2n) is 4.00. The van der Waals surface area contributed by atoms with Crippen molar-refractivity contribution in [3.63, 3.8) is 0 Å². The molecule has 0 aliphatic heterocycles. The van der Waals surface area contributed by atoms with Gasteiger partial charge in [-0.05, 0) is 20.8 Å². The number of nitrogens with two attached hydrogens (primary N) is 1. The number of ketones is 1. The molecule has 0 aliphatic rings. The summed E-state index contributed by atoms with van der Waals surface area (Å²) in [6, 6.07) is -1.10. The van der Waals surface area contributed by atoms with Gasteiger partial charge in [0.1, 0.15) is 12.3 Å². The van der Waals surface area contributed by atoms with Gasteiger partial charge in [0, 0.05) is 0 Å². The predicted molar refractivity (Wildman–Crippen MR) is 49.4 cm³/mol. The monoisotopic (exact) mass is 205 g/mol.